The number of nitrogens with one attached hydrogen (secondary N) is 2. The topological polar surface area (TPSA) is 94.9 Å². The Hall–Kier alpha value is -4.12. The summed E-state index contributed by atoms with van der Waals surface area (Å²) in [6, 6.07) is 13.6. The normalized spacial score (nSPS) is 10.0. The highest BCUT2D eigenvalue weighted by molar-refractivity contribution is 6.07. The summed E-state index contributed by atoms with van der Waals surface area (Å²) in [5.74, 6) is -2.96. The van der Waals surface area contributed by atoms with E-state index in [1.807, 2.05) is 6.07 Å². The van der Waals surface area contributed by atoms with E-state index in [9.17, 15) is 18.4 Å². The summed E-state index contributed by atoms with van der Waals surface area (Å²) in [5.41, 5.74) is 0.598. The summed E-state index contributed by atoms with van der Waals surface area (Å²) in [6.07, 6.45) is 1.26. The van der Waals surface area contributed by atoms with Crippen LogP contribution in [0, 0.1) is 23.0 Å². The third-order valence-corrected chi connectivity index (χ3v) is 3.68. The van der Waals surface area contributed by atoms with E-state index >= 15 is 0 Å². The molecular weight excluding hydrogens is 366 g/mol. The molecule has 1 heterocycles. The molecule has 138 valence electrons. The largest absolute Gasteiger partial charge is 0.321 e. The maximum absolute atomic E-state index is 13.7. The highest BCUT2D eigenvalue weighted by Gasteiger charge is 2.14. The predicted molar refractivity (Wildman–Crippen MR) is 97.7 cm³/mol. The number of hydrogen-bond donors (Lipinski definition) is 2. The molecule has 1 aromatic heterocycles. The molecule has 0 aliphatic heterocycles. The standard InChI is InChI=1S/C20H12F2N4O2/c21-14-4-5-17(16(22)10-14)26-19(27)13-6-7-24-18(9-13)20(28)25-15-3-1-2-12(8-15)11-23/h1-10H,(H,25,28)(H,26,27). The summed E-state index contributed by atoms with van der Waals surface area (Å²) in [4.78, 5) is 28.6. The zero-order valence-electron chi connectivity index (χ0n) is 14.2. The maximum Gasteiger partial charge on any atom is 0.274 e. The number of aromatic nitrogens is 1. The van der Waals surface area contributed by atoms with Crippen molar-refractivity contribution < 1.29 is 18.4 Å². The summed E-state index contributed by atoms with van der Waals surface area (Å²) < 4.78 is 26.6. The second kappa shape index (κ2) is 8.05. The lowest BCUT2D eigenvalue weighted by Gasteiger charge is -2.08. The van der Waals surface area contributed by atoms with Gasteiger partial charge in [-0.1, -0.05) is 6.07 Å². The molecule has 0 saturated heterocycles. The third kappa shape index (κ3) is 4.34. The summed E-state index contributed by atoms with van der Waals surface area (Å²) in [5, 5.41) is 13.8. The van der Waals surface area contributed by atoms with E-state index in [0.29, 0.717) is 17.3 Å². The minimum absolute atomic E-state index is 0.0467. The minimum atomic E-state index is -0.919. The maximum atomic E-state index is 13.7. The number of pyridine rings is 1. The summed E-state index contributed by atoms with van der Waals surface area (Å²) in [7, 11) is 0. The summed E-state index contributed by atoms with van der Waals surface area (Å²) in [6.45, 7) is 0. The van der Waals surface area contributed by atoms with Crippen molar-refractivity contribution in [3.63, 3.8) is 0 Å². The molecule has 2 amide bonds. The molecule has 28 heavy (non-hydrogen) atoms. The first-order valence-electron chi connectivity index (χ1n) is 8.00. The molecule has 3 aromatic rings. The van der Waals surface area contributed by atoms with Crippen LogP contribution in [0.25, 0.3) is 0 Å². The smallest absolute Gasteiger partial charge is 0.274 e. The molecule has 0 bridgehead atoms. The second-order valence-electron chi connectivity index (χ2n) is 5.65. The first-order valence-corrected chi connectivity index (χ1v) is 8.00. The van der Waals surface area contributed by atoms with E-state index in [-0.39, 0.29) is 16.9 Å². The Bertz CT molecular complexity index is 1110. The number of nitriles is 1. The zero-order valence-corrected chi connectivity index (χ0v) is 14.2. The van der Waals surface area contributed by atoms with E-state index in [4.69, 9.17) is 5.26 Å². The van der Waals surface area contributed by atoms with E-state index in [2.05, 4.69) is 15.6 Å². The predicted octanol–water partition coefficient (Wildman–Crippen LogP) is 3.74. The van der Waals surface area contributed by atoms with Gasteiger partial charge in [0.2, 0.25) is 0 Å². The fourth-order valence-corrected chi connectivity index (χ4v) is 2.34. The molecule has 0 aliphatic rings. The van der Waals surface area contributed by atoms with Crippen LogP contribution >= 0.6 is 0 Å². The number of amides is 2. The van der Waals surface area contributed by atoms with E-state index in [1.54, 1.807) is 18.2 Å². The first kappa shape index (κ1) is 18.7. The molecule has 6 nitrogen and oxygen atoms in total. The van der Waals surface area contributed by atoms with Gasteiger partial charge >= 0.3 is 0 Å². The van der Waals surface area contributed by atoms with Gasteiger partial charge in [0.1, 0.15) is 17.3 Å². The van der Waals surface area contributed by atoms with E-state index < -0.39 is 23.4 Å². The Morgan fingerprint density at radius 1 is 0.964 bits per heavy atom. The van der Waals surface area contributed by atoms with Gasteiger partial charge in [0, 0.05) is 23.5 Å². The number of anilines is 2. The van der Waals surface area contributed by atoms with Crippen molar-refractivity contribution in [2.24, 2.45) is 0 Å². The van der Waals surface area contributed by atoms with Crippen LogP contribution in [0.1, 0.15) is 26.4 Å². The highest BCUT2D eigenvalue weighted by Crippen LogP contribution is 2.17. The molecule has 0 aliphatic carbocycles. The Kier molecular flexibility index (Phi) is 5.37. The van der Waals surface area contributed by atoms with Crippen molar-refractivity contribution in [1.82, 2.24) is 4.98 Å². The van der Waals surface area contributed by atoms with Gasteiger partial charge in [-0.3, -0.25) is 14.6 Å². The van der Waals surface area contributed by atoms with Crippen molar-refractivity contribution >= 4 is 23.2 Å². The van der Waals surface area contributed by atoms with E-state index in [0.717, 1.165) is 12.1 Å². The average Bonchev–Trinajstić information content (AvgIpc) is 2.70. The lowest BCUT2D eigenvalue weighted by atomic mass is 10.2. The second-order valence-corrected chi connectivity index (χ2v) is 5.65. The van der Waals surface area contributed by atoms with Crippen LogP contribution in [0.2, 0.25) is 0 Å². The zero-order chi connectivity index (χ0) is 20.1. The number of carbonyl (C=O) groups is 2. The molecule has 0 saturated carbocycles. The molecule has 0 radical (unpaired) electrons. The van der Waals surface area contributed by atoms with Gasteiger partial charge in [-0.05, 0) is 42.5 Å². The molecule has 0 spiro atoms. The van der Waals surface area contributed by atoms with Crippen LogP contribution < -0.4 is 10.6 Å². The Morgan fingerprint density at radius 3 is 2.54 bits per heavy atom. The van der Waals surface area contributed by atoms with Crippen LogP contribution in [0.15, 0.2) is 60.8 Å². The van der Waals surface area contributed by atoms with Gasteiger partial charge in [-0.2, -0.15) is 5.26 Å². The monoisotopic (exact) mass is 378 g/mol. The third-order valence-electron chi connectivity index (χ3n) is 3.68. The van der Waals surface area contributed by atoms with Crippen LogP contribution in [0.4, 0.5) is 20.2 Å². The first-order chi connectivity index (χ1) is 13.5. The lowest BCUT2D eigenvalue weighted by Crippen LogP contribution is -2.17. The number of rotatable bonds is 4. The van der Waals surface area contributed by atoms with Crippen LogP contribution in [0.5, 0.6) is 0 Å². The SMILES string of the molecule is N#Cc1cccc(NC(=O)c2cc(C(=O)Nc3ccc(F)cc3F)ccn2)c1. The van der Waals surface area contributed by atoms with Crippen molar-refractivity contribution in [2.75, 3.05) is 10.6 Å². The Morgan fingerprint density at radius 2 is 1.79 bits per heavy atom. The van der Waals surface area contributed by atoms with Crippen LogP contribution in [0.3, 0.4) is 0 Å². The summed E-state index contributed by atoms with van der Waals surface area (Å²) >= 11 is 0. The molecule has 2 N–H and O–H groups in total. The van der Waals surface area contributed by atoms with Gasteiger partial charge in [0.05, 0.1) is 17.3 Å². The molecule has 0 unspecified atom stereocenters. The molecule has 0 fully saturated rings. The molecule has 3 rings (SSSR count). The van der Waals surface area contributed by atoms with E-state index in [1.165, 1.54) is 24.4 Å². The number of carbonyl (C=O) groups excluding carboxylic acids is 2. The number of halogens is 2. The fraction of sp³-hybridized carbons (Fsp3) is 0. The number of nitrogens with zero attached hydrogens (tertiary/aromatic N) is 2. The number of benzene rings is 2. The van der Waals surface area contributed by atoms with Gasteiger partial charge < -0.3 is 10.6 Å². The molecule has 8 heteroatoms. The molecular formula is C20H12F2N4O2. The van der Waals surface area contributed by atoms with Crippen molar-refractivity contribution in [3.05, 3.63) is 89.2 Å². The Balaban J connectivity index is 1.76. The van der Waals surface area contributed by atoms with Gasteiger partial charge in [0.25, 0.3) is 11.8 Å². The van der Waals surface area contributed by atoms with Crippen molar-refractivity contribution in [1.29, 1.82) is 5.26 Å². The van der Waals surface area contributed by atoms with Crippen molar-refractivity contribution in [2.45, 2.75) is 0 Å². The Labute approximate surface area is 158 Å². The minimum Gasteiger partial charge on any atom is -0.321 e. The van der Waals surface area contributed by atoms with Gasteiger partial charge in [-0.25, -0.2) is 8.78 Å². The van der Waals surface area contributed by atoms with Gasteiger partial charge in [-0.15, -0.1) is 0 Å². The highest BCUT2D eigenvalue weighted by atomic mass is 19.1. The molecule has 2 aromatic carbocycles. The van der Waals surface area contributed by atoms with Crippen molar-refractivity contribution in [3.8, 4) is 6.07 Å². The average molecular weight is 378 g/mol. The fourth-order valence-electron chi connectivity index (χ4n) is 2.34. The molecule has 0 atom stereocenters. The quantitative estimate of drug-likeness (QED) is 0.723. The number of hydrogen-bond acceptors (Lipinski definition) is 4. The lowest BCUT2D eigenvalue weighted by molar-refractivity contribution is 0.102. The van der Waals surface area contributed by atoms with Crippen LogP contribution in [-0.4, -0.2) is 16.8 Å². The van der Waals surface area contributed by atoms with Crippen LogP contribution in [-0.2, 0) is 0 Å². The van der Waals surface area contributed by atoms with Gasteiger partial charge in [0.15, 0.2) is 0 Å².